The van der Waals surface area contributed by atoms with Crippen LogP contribution in [0.1, 0.15) is 37.7 Å². The molecule has 0 spiro atoms. The lowest BCUT2D eigenvalue weighted by Crippen LogP contribution is -2.34. The molecule has 1 aliphatic heterocycles. The van der Waals surface area contributed by atoms with Crippen LogP contribution in [0.25, 0.3) is 0 Å². The van der Waals surface area contributed by atoms with E-state index in [1.54, 1.807) is 31.0 Å². The lowest BCUT2D eigenvalue weighted by atomic mass is 9.93. The fourth-order valence-electron chi connectivity index (χ4n) is 3.02. The Hall–Kier alpha value is -2.64. The van der Waals surface area contributed by atoms with Crippen LogP contribution in [0.3, 0.4) is 0 Å². The minimum Gasteiger partial charge on any atom is -0.466 e. The van der Waals surface area contributed by atoms with E-state index in [-0.39, 0.29) is 24.6 Å². The van der Waals surface area contributed by atoms with Crippen molar-refractivity contribution in [2.75, 3.05) is 32.1 Å². The summed E-state index contributed by atoms with van der Waals surface area (Å²) in [6.07, 6.45) is 1.73. The van der Waals surface area contributed by atoms with Crippen molar-refractivity contribution in [2.45, 2.75) is 32.1 Å². The molecule has 1 aromatic rings. The Morgan fingerprint density at radius 1 is 1.36 bits per heavy atom. The van der Waals surface area contributed by atoms with Gasteiger partial charge in [0, 0.05) is 26.2 Å². The van der Waals surface area contributed by atoms with Crippen molar-refractivity contribution in [1.29, 1.82) is 0 Å². The van der Waals surface area contributed by atoms with Crippen LogP contribution in [0.15, 0.2) is 18.2 Å². The summed E-state index contributed by atoms with van der Waals surface area (Å²) in [4.78, 5) is 37.3. The summed E-state index contributed by atoms with van der Waals surface area (Å²) >= 11 is 0. The van der Waals surface area contributed by atoms with Gasteiger partial charge in [0.1, 0.15) is 5.69 Å². The molecular formula is C17H23N3O5. The molecule has 1 heterocycles. The van der Waals surface area contributed by atoms with Crippen molar-refractivity contribution in [1.82, 2.24) is 4.90 Å². The van der Waals surface area contributed by atoms with E-state index in [1.165, 1.54) is 6.07 Å². The monoisotopic (exact) mass is 349 g/mol. The molecule has 1 unspecified atom stereocenters. The smallest absolute Gasteiger partial charge is 0.306 e. The molecular weight excluding hydrogens is 326 g/mol. The number of carbonyl (C=O) groups excluding carboxylic acids is 2. The molecule has 1 fully saturated rings. The van der Waals surface area contributed by atoms with Gasteiger partial charge in [-0.3, -0.25) is 19.7 Å². The van der Waals surface area contributed by atoms with Crippen LogP contribution in [0.2, 0.25) is 0 Å². The SMILES string of the molecule is CCOC(=O)CC(C(=O)N1CCCC1)c1ccc(NC)c([N+](=O)[O-])c1. The number of ether oxygens (including phenoxy) is 1. The normalized spacial score (nSPS) is 14.9. The average molecular weight is 349 g/mol. The number of amides is 1. The molecule has 1 atom stereocenters. The first kappa shape index (κ1) is 18.7. The van der Waals surface area contributed by atoms with Crippen LogP contribution in [-0.4, -0.2) is 48.4 Å². The summed E-state index contributed by atoms with van der Waals surface area (Å²) < 4.78 is 4.97. The van der Waals surface area contributed by atoms with Gasteiger partial charge in [0.15, 0.2) is 0 Å². The molecule has 1 aromatic carbocycles. The fourth-order valence-corrected chi connectivity index (χ4v) is 3.02. The third kappa shape index (κ3) is 4.46. The Morgan fingerprint density at radius 3 is 2.60 bits per heavy atom. The summed E-state index contributed by atoms with van der Waals surface area (Å²) in [6, 6.07) is 4.57. The number of benzene rings is 1. The van der Waals surface area contributed by atoms with Crippen LogP contribution in [0, 0.1) is 10.1 Å². The van der Waals surface area contributed by atoms with Crippen molar-refractivity contribution < 1.29 is 19.2 Å². The Kier molecular flexibility index (Phi) is 6.32. The molecule has 1 saturated heterocycles. The highest BCUT2D eigenvalue weighted by Gasteiger charge is 2.31. The lowest BCUT2D eigenvalue weighted by Gasteiger charge is -2.23. The Balaban J connectivity index is 2.36. The maximum absolute atomic E-state index is 12.9. The van der Waals surface area contributed by atoms with E-state index >= 15 is 0 Å². The number of likely N-dealkylation sites (tertiary alicyclic amines) is 1. The van der Waals surface area contributed by atoms with Gasteiger partial charge in [0.05, 0.1) is 23.9 Å². The predicted molar refractivity (Wildman–Crippen MR) is 92.4 cm³/mol. The number of hydrogen-bond donors (Lipinski definition) is 1. The molecule has 0 saturated carbocycles. The number of nitro benzene ring substituents is 1. The molecule has 136 valence electrons. The summed E-state index contributed by atoms with van der Waals surface area (Å²) in [5, 5.41) is 14.0. The first-order valence-corrected chi connectivity index (χ1v) is 8.38. The first-order chi connectivity index (χ1) is 12.0. The fraction of sp³-hybridized carbons (Fsp3) is 0.529. The second kappa shape index (κ2) is 8.46. The van der Waals surface area contributed by atoms with E-state index in [2.05, 4.69) is 5.32 Å². The van der Waals surface area contributed by atoms with Gasteiger partial charge in [0.2, 0.25) is 5.91 Å². The van der Waals surface area contributed by atoms with Gasteiger partial charge >= 0.3 is 5.97 Å². The third-order valence-corrected chi connectivity index (χ3v) is 4.28. The molecule has 1 amide bonds. The van der Waals surface area contributed by atoms with Crippen LogP contribution < -0.4 is 5.32 Å². The van der Waals surface area contributed by atoms with Gasteiger partial charge in [-0.2, -0.15) is 0 Å². The van der Waals surface area contributed by atoms with Crippen LogP contribution in [-0.2, 0) is 14.3 Å². The second-order valence-corrected chi connectivity index (χ2v) is 5.88. The molecule has 1 aliphatic rings. The molecule has 2 rings (SSSR count). The number of nitro groups is 1. The van der Waals surface area contributed by atoms with E-state index in [4.69, 9.17) is 4.74 Å². The molecule has 25 heavy (non-hydrogen) atoms. The zero-order chi connectivity index (χ0) is 18.4. The number of hydrogen-bond acceptors (Lipinski definition) is 6. The molecule has 1 N–H and O–H groups in total. The Morgan fingerprint density at radius 2 is 2.04 bits per heavy atom. The van der Waals surface area contributed by atoms with E-state index in [9.17, 15) is 19.7 Å². The highest BCUT2D eigenvalue weighted by atomic mass is 16.6. The number of rotatable bonds is 7. The maximum Gasteiger partial charge on any atom is 0.306 e. The second-order valence-electron chi connectivity index (χ2n) is 5.88. The molecule has 0 bridgehead atoms. The molecule has 0 aliphatic carbocycles. The molecule has 0 aromatic heterocycles. The zero-order valence-corrected chi connectivity index (χ0v) is 14.5. The summed E-state index contributed by atoms with van der Waals surface area (Å²) in [7, 11) is 1.59. The molecule has 0 radical (unpaired) electrons. The van der Waals surface area contributed by atoms with Crippen LogP contribution >= 0.6 is 0 Å². The van der Waals surface area contributed by atoms with Crippen molar-refractivity contribution >= 4 is 23.3 Å². The van der Waals surface area contributed by atoms with E-state index in [0.29, 0.717) is 24.3 Å². The maximum atomic E-state index is 12.9. The Labute approximate surface area is 146 Å². The Bertz CT molecular complexity index is 656. The summed E-state index contributed by atoms with van der Waals surface area (Å²) in [5.41, 5.74) is 0.691. The first-order valence-electron chi connectivity index (χ1n) is 8.38. The van der Waals surface area contributed by atoms with E-state index in [0.717, 1.165) is 12.8 Å². The largest absolute Gasteiger partial charge is 0.466 e. The lowest BCUT2D eigenvalue weighted by molar-refractivity contribution is -0.384. The molecule has 8 heteroatoms. The van der Waals surface area contributed by atoms with Crippen molar-refractivity contribution in [3.05, 3.63) is 33.9 Å². The average Bonchev–Trinajstić information content (AvgIpc) is 3.13. The van der Waals surface area contributed by atoms with Crippen molar-refractivity contribution in [2.24, 2.45) is 0 Å². The van der Waals surface area contributed by atoms with Crippen molar-refractivity contribution in [3.63, 3.8) is 0 Å². The van der Waals surface area contributed by atoms with Gasteiger partial charge in [-0.1, -0.05) is 6.07 Å². The highest BCUT2D eigenvalue weighted by Crippen LogP contribution is 2.32. The quantitative estimate of drug-likeness (QED) is 0.460. The number of anilines is 1. The number of nitrogens with zero attached hydrogens (tertiary/aromatic N) is 2. The van der Waals surface area contributed by atoms with E-state index < -0.39 is 16.8 Å². The summed E-state index contributed by atoms with van der Waals surface area (Å²) in [6.45, 7) is 3.22. The van der Waals surface area contributed by atoms with E-state index in [1.807, 2.05) is 0 Å². The topological polar surface area (TPSA) is 102 Å². The van der Waals surface area contributed by atoms with Crippen LogP contribution in [0.5, 0.6) is 0 Å². The minimum absolute atomic E-state index is 0.122. The van der Waals surface area contributed by atoms with Gasteiger partial charge in [-0.25, -0.2) is 0 Å². The van der Waals surface area contributed by atoms with Gasteiger partial charge in [-0.05, 0) is 31.4 Å². The third-order valence-electron chi connectivity index (χ3n) is 4.28. The van der Waals surface area contributed by atoms with Crippen molar-refractivity contribution in [3.8, 4) is 0 Å². The highest BCUT2D eigenvalue weighted by molar-refractivity contribution is 5.89. The standard InChI is InChI=1S/C17H23N3O5/c1-3-25-16(21)11-13(17(22)19-8-4-5-9-19)12-6-7-14(18-2)15(10-12)20(23)24/h6-7,10,13,18H,3-5,8-9,11H2,1-2H3. The van der Waals surface area contributed by atoms with Gasteiger partial charge < -0.3 is 15.0 Å². The summed E-state index contributed by atoms with van der Waals surface area (Å²) in [5.74, 6) is -1.45. The number of nitrogens with one attached hydrogen (secondary N) is 1. The minimum atomic E-state index is -0.776. The van der Waals surface area contributed by atoms with Gasteiger partial charge in [0.25, 0.3) is 5.69 Å². The predicted octanol–water partition coefficient (Wildman–Crippen LogP) is 2.30. The number of esters is 1. The molecule has 8 nitrogen and oxygen atoms in total. The van der Waals surface area contributed by atoms with Gasteiger partial charge in [-0.15, -0.1) is 0 Å². The van der Waals surface area contributed by atoms with Crippen LogP contribution in [0.4, 0.5) is 11.4 Å². The number of carbonyl (C=O) groups is 2. The zero-order valence-electron chi connectivity index (χ0n) is 14.5.